The number of rotatable bonds is 7. The van der Waals surface area contributed by atoms with Gasteiger partial charge in [0.25, 0.3) is 0 Å². The van der Waals surface area contributed by atoms with Crippen LogP contribution in [-0.2, 0) is 0 Å². The fourth-order valence-electron chi connectivity index (χ4n) is 1.66. The molecule has 0 spiro atoms. The molecule has 2 nitrogen and oxygen atoms in total. The van der Waals surface area contributed by atoms with Crippen molar-refractivity contribution in [2.24, 2.45) is 0 Å². The molecule has 0 aliphatic carbocycles. The third kappa shape index (κ3) is 5.55. The zero-order valence-corrected chi connectivity index (χ0v) is 11.7. The number of nitrogens with one attached hydrogen (secondary N) is 1. The van der Waals surface area contributed by atoms with Crippen molar-refractivity contribution in [3.05, 3.63) is 36.4 Å². The molecule has 0 saturated heterocycles. The van der Waals surface area contributed by atoms with Gasteiger partial charge < -0.3 is 10.1 Å². The first-order valence-corrected chi connectivity index (χ1v) is 6.61. The van der Waals surface area contributed by atoms with Gasteiger partial charge in [-0.3, -0.25) is 0 Å². The summed E-state index contributed by atoms with van der Waals surface area (Å²) < 4.78 is 43.7. The lowest BCUT2D eigenvalue weighted by Crippen LogP contribution is -2.34. The fraction of sp³-hybridized carbons (Fsp3) is 0.467. The standard InChI is InChI=1S/C15H20F3NO/c1-3-4-5-6-7-14(15(16,17)18)19-12-8-10-13(20-2)11-9-12/h6-11,14,19H,3-5H2,1-2H3/b7-6+. The maximum atomic E-state index is 12.9. The number of alkyl halides is 3. The van der Waals surface area contributed by atoms with Crippen LogP contribution in [0.1, 0.15) is 26.2 Å². The van der Waals surface area contributed by atoms with E-state index in [4.69, 9.17) is 4.74 Å². The van der Waals surface area contributed by atoms with E-state index in [1.807, 2.05) is 6.92 Å². The first kappa shape index (κ1) is 16.4. The molecular weight excluding hydrogens is 267 g/mol. The fourth-order valence-corrected chi connectivity index (χ4v) is 1.66. The first-order valence-electron chi connectivity index (χ1n) is 6.61. The molecule has 0 aliphatic rings. The van der Waals surface area contributed by atoms with E-state index in [0.29, 0.717) is 17.9 Å². The van der Waals surface area contributed by atoms with Crippen molar-refractivity contribution in [1.29, 1.82) is 0 Å². The molecule has 0 aliphatic heterocycles. The predicted octanol–water partition coefficient (Wildman–Crippen LogP) is 4.78. The van der Waals surface area contributed by atoms with E-state index >= 15 is 0 Å². The van der Waals surface area contributed by atoms with Crippen LogP contribution in [0.15, 0.2) is 36.4 Å². The van der Waals surface area contributed by atoms with Gasteiger partial charge in [-0.1, -0.05) is 31.9 Å². The third-order valence-electron chi connectivity index (χ3n) is 2.82. The van der Waals surface area contributed by atoms with Gasteiger partial charge in [0.1, 0.15) is 11.8 Å². The number of methoxy groups -OCH3 is 1. The Morgan fingerprint density at radius 1 is 1.25 bits per heavy atom. The highest BCUT2D eigenvalue weighted by atomic mass is 19.4. The molecule has 1 N–H and O–H groups in total. The Labute approximate surface area is 117 Å². The molecular formula is C15H20F3NO. The lowest BCUT2D eigenvalue weighted by Gasteiger charge is -2.19. The van der Waals surface area contributed by atoms with Gasteiger partial charge in [-0.15, -0.1) is 0 Å². The summed E-state index contributed by atoms with van der Waals surface area (Å²) in [5.41, 5.74) is 0.410. The Kier molecular flexibility index (Phi) is 6.42. The quantitative estimate of drug-likeness (QED) is 0.575. The molecule has 0 amide bonds. The average Bonchev–Trinajstić information content (AvgIpc) is 2.42. The first-order chi connectivity index (χ1) is 9.47. The molecule has 0 fully saturated rings. The van der Waals surface area contributed by atoms with E-state index in [1.165, 1.54) is 13.2 Å². The van der Waals surface area contributed by atoms with Crippen molar-refractivity contribution < 1.29 is 17.9 Å². The van der Waals surface area contributed by atoms with Gasteiger partial charge in [-0.05, 0) is 30.7 Å². The van der Waals surface area contributed by atoms with Crippen LogP contribution < -0.4 is 10.1 Å². The molecule has 1 aromatic carbocycles. The van der Waals surface area contributed by atoms with E-state index < -0.39 is 12.2 Å². The van der Waals surface area contributed by atoms with E-state index in [1.54, 1.807) is 30.3 Å². The monoisotopic (exact) mass is 287 g/mol. The van der Waals surface area contributed by atoms with Crippen molar-refractivity contribution in [3.63, 3.8) is 0 Å². The minimum atomic E-state index is -4.32. The second-order valence-electron chi connectivity index (χ2n) is 4.46. The number of allylic oxidation sites excluding steroid dienone is 1. The summed E-state index contributed by atoms with van der Waals surface area (Å²) in [4.78, 5) is 0. The number of hydrogen-bond donors (Lipinski definition) is 1. The molecule has 0 bridgehead atoms. The predicted molar refractivity (Wildman–Crippen MR) is 75.1 cm³/mol. The number of unbranched alkanes of at least 4 members (excludes halogenated alkanes) is 2. The van der Waals surface area contributed by atoms with Crippen LogP contribution >= 0.6 is 0 Å². The summed E-state index contributed by atoms with van der Waals surface area (Å²) in [6.45, 7) is 2.00. The van der Waals surface area contributed by atoms with Gasteiger partial charge in [0.15, 0.2) is 0 Å². The molecule has 0 heterocycles. The number of ether oxygens (including phenoxy) is 1. The molecule has 5 heteroatoms. The van der Waals surface area contributed by atoms with Crippen LogP contribution in [0.2, 0.25) is 0 Å². The number of benzene rings is 1. The molecule has 1 atom stereocenters. The smallest absolute Gasteiger partial charge is 0.412 e. The summed E-state index contributed by atoms with van der Waals surface area (Å²) in [5, 5.41) is 2.48. The minimum absolute atomic E-state index is 0.410. The van der Waals surface area contributed by atoms with E-state index in [0.717, 1.165) is 12.8 Å². The van der Waals surface area contributed by atoms with Gasteiger partial charge in [0.05, 0.1) is 7.11 Å². The zero-order valence-electron chi connectivity index (χ0n) is 11.7. The normalized spacial score (nSPS) is 13.4. The maximum Gasteiger partial charge on any atom is 0.412 e. The number of anilines is 1. The van der Waals surface area contributed by atoms with E-state index in [2.05, 4.69) is 5.32 Å². The van der Waals surface area contributed by atoms with Gasteiger partial charge in [0, 0.05) is 5.69 Å². The molecule has 0 aromatic heterocycles. The zero-order chi connectivity index (χ0) is 15.0. The number of hydrogen-bond acceptors (Lipinski definition) is 2. The van der Waals surface area contributed by atoms with Gasteiger partial charge in [0.2, 0.25) is 0 Å². The molecule has 112 valence electrons. The Bertz CT molecular complexity index is 412. The van der Waals surface area contributed by atoms with Crippen LogP contribution in [0.5, 0.6) is 5.75 Å². The number of halogens is 3. The van der Waals surface area contributed by atoms with Gasteiger partial charge in [-0.2, -0.15) is 13.2 Å². The SMILES string of the molecule is CCCC/C=C/C(Nc1ccc(OC)cc1)C(F)(F)F. The Morgan fingerprint density at radius 2 is 1.90 bits per heavy atom. The van der Waals surface area contributed by atoms with Crippen LogP contribution in [-0.4, -0.2) is 19.3 Å². The van der Waals surface area contributed by atoms with Gasteiger partial charge in [-0.25, -0.2) is 0 Å². The van der Waals surface area contributed by atoms with Crippen LogP contribution in [0.3, 0.4) is 0 Å². The summed E-state index contributed by atoms with van der Waals surface area (Å²) in [6.07, 6.45) is 0.963. The van der Waals surface area contributed by atoms with E-state index in [9.17, 15) is 13.2 Å². The molecule has 1 rings (SSSR count). The molecule has 20 heavy (non-hydrogen) atoms. The lowest BCUT2D eigenvalue weighted by molar-refractivity contribution is -0.132. The minimum Gasteiger partial charge on any atom is -0.497 e. The highest BCUT2D eigenvalue weighted by Gasteiger charge is 2.37. The van der Waals surface area contributed by atoms with Crippen LogP contribution in [0.4, 0.5) is 18.9 Å². The molecule has 0 saturated carbocycles. The summed E-state index contributed by atoms with van der Waals surface area (Å²) >= 11 is 0. The lowest BCUT2D eigenvalue weighted by atomic mass is 10.2. The summed E-state index contributed by atoms with van der Waals surface area (Å²) in [5.74, 6) is 0.609. The Hall–Kier alpha value is -1.65. The summed E-state index contributed by atoms with van der Waals surface area (Å²) in [7, 11) is 1.51. The van der Waals surface area contributed by atoms with Crippen molar-refractivity contribution in [3.8, 4) is 5.75 Å². The van der Waals surface area contributed by atoms with Crippen molar-refractivity contribution in [1.82, 2.24) is 0 Å². The van der Waals surface area contributed by atoms with Crippen LogP contribution in [0.25, 0.3) is 0 Å². The van der Waals surface area contributed by atoms with Crippen molar-refractivity contribution >= 4 is 5.69 Å². The highest BCUT2D eigenvalue weighted by Crippen LogP contribution is 2.25. The van der Waals surface area contributed by atoms with Crippen molar-refractivity contribution in [2.75, 3.05) is 12.4 Å². The van der Waals surface area contributed by atoms with Gasteiger partial charge >= 0.3 is 6.18 Å². The molecule has 1 aromatic rings. The second kappa shape index (κ2) is 7.82. The Morgan fingerprint density at radius 3 is 2.40 bits per heavy atom. The molecule has 0 radical (unpaired) electrons. The molecule has 1 unspecified atom stereocenters. The van der Waals surface area contributed by atoms with E-state index in [-0.39, 0.29) is 0 Å². The van der Waals surface area contributed by atoms with Crippen molar-refractivity contribution in [2.45, 2.75) is 38.4 Å². The Balaban J connectivity index is 2.71. The third-order valence-corrected chi connectivity index (χ3v) is 2.82. The second-order valence-corrected chi connectivity index (χ2v) is 4.46. The average molecular weight is 287 g/mol. The van der Waals surface area contributed by atoms with Crippen LogP contribution in [0, 0.1) is 0 Å². The highest BCUT2D eigenvalue weighted by molar-refractivity contribution is 5.48. The maximum absolute atomic E-state index is 12.9. The summed E-state index contributed by atoms with van der Waals surface area (Å²) in [6, 6.07) is 4.70. The largest absolute Gasteiger partial charge is 0.497 e. The topological polar surface area (TPSA) is 21.3 Å².